The van der Waals surface area contributed by atoms with Crippen LogP contribution in [0.5, 0.6) is 0 Å². The van der Waals surface area contributed by atoms with Gasteiger partial charge >= 0.3 is 0 Å². The molecule has 0 fully saturated rings. The predicted molar refractivity (Wildman–Crippen MR) is 67.9 cm³/mol. The van der Waals surface area contributed by atoms with E-state index in [9.17, 15) is 0 Å². The molecule has 17 heavy (non-hydrogen) atoms. The van der Waals surface area contributed by atoms with Gasteiger partial charge in [0.15, 0.2) is 6.29 Å². The summed E-state index contributed by atoms with van der Waals surface area (Å²) in [5.74, 6) is 0. The Balaban J connectivity index is 1.99. The predicted octanol–water partition coefficient (Wildman–Crippen LogP) is 2.27. The van der Waals surface area contributed by atoms with Crippen LogP contribution < -0.4 is 5.32 Å². The molecule has 0 saturated carbocycles. The monoisotopic (exact) mass is 235 g/mol. The number of fused-ring (bicyclic) bond motifs is 1. The van der Waals surface area contributed by atoms with Gasteiger partial charge in [0.25, 0.3) is 0 Å². The molecule has 0 spiro atoms. The largest absolute Gasteiger partial charge is 0.355 e. The standard InChI is InChI=1S/C14H21NO2/c1-16-14(17-2)10-15-13-9-5-7-11-6-3-4-8-12(11)13/h3-4,6,8,13-15H,5,7,9-10H2,1-2H3/t13-/m0/s1. The van der Waals surface area contributed by atoms with Crippen LogP contribution in [0.25, 0.3) is 0 Å². The third kappa shape index (κ3) is 3.06. The van der Waals surface area contributed by atoms with E-state index in [2.05, 4.69) is 29.6 Å². The van der Waals surface area contributed by atoms with E-state index in [-0.39, 0.29) is 6.29 Å². The maximum Gasteiger partial charge on any atom is 0.169 e. The van der Waals surface area contributed by atoms with Gasteiger partial charge in [-0.1, -0.05) is 24.3 Å². The second kappa shape index (κ2) is 6.15. The normalized spacial score (nSPS) is 19.4. The van der Waals surface area contributed by atoms with E-state index in [0.29, 0.717) is 6.04 Å². The van der Waals surface area contributed by atoms with Crippen molar-refractivity contribution in [2.24, 2.45) is 0 Å². The highest BCUT2D eigenvalue weighted by Gasteiger charge is 2.20. The maximum absolute atomic E-state index is 5.19. The highest BCUT2D eigenvalue weighted by atomic mass is 16.7. The van der Waals surface area contributed by atoms with Gasteiger partial charge in [-0.3, -0.25) is 0 Å². The lowest BCUT2D eigenvalue weighted by Crippen LogP contribution is -2.34. The second-order valence-corrected chi connectivity index (χ2v) is 4.45. The Morgan fingerprint density at radius 3 is 2.82 bits per heavy atom. The number of methoxy groups -OCH3 is 2. The molecule has 0 bridgehead atoms. The average molecular weight is 235 g/mol. The minimum absolute atomic E-state index is 0.163. The van der Waals surface area contributed by atoms with Crippen molar-refractivity contribution in [3.05, 3.63) is 35.4 Å². The fraction of sp³-hybridized carbons (Fsp3) is 0.571. The van der Waals surface area contributed by atoms with E-state index >= 15 is 0 Å². The smallest absolute Gasteiger partial charge is 0.169 e. The Labute approximate surface area is 103 Å². The van der Waals surface area contributed by atoms with E-state index in [4.69, 9.17) is 9.47 Å². The first kappa shape index (κ1) is 12.6. The molecule has 0 aliphatic heterocycles. The summed E-state index contributed by atoms with van der Waals surface area (Å²) >= 11 is 0. The number of benzene rings is 1. The van der Waals surface area contributed by atoms with Crippen LogP contribution in [0.2, 0.25) is 0 Å². The lowest BCUT2D eigenvalue weighted by atomic mass is 9.88. The van der Waals surface area contributed by atoms with Gasteiger partial charge in [0.05, 0.1) is 0 Å². The second-order valence-electron chi connectivity index (χ2n) is 4.45. The molecule has 94 valence electrons. The Hall–Kier alpha value is -0.900. The molecular formula is C14H21NO2. The van der Waals surface area contributed by atoms with Crippen molar-refractivity contribution in [2.45, 2.75) is 31.6 Å². The first-order valence-electron chi connectivity index (χ1n) is 6.22. The highest BCUT2D eigenvalue weighted by Crippen LogP contribution is 2.29. The van der Waals surface area contributed by atoms with E-state index in [1.807, 2.05) is 0 Å². The molecule has 1 aromatic carbocycles. The van der Waals surface area contributed by atoms with Crippen molar-refractivity contribution in [1.29, 1.82) is 0 Å². The van der Waals surface area contributed by atoms with Crippen molar-refractivity contribution in [3.63, 3.8) is 0 Å². The Morgan fingerprint density at radius 1 is 1.29 bits per heavy atom. The average Bonchev–Trinajstić information content (AvgIpc) is 2.40. The van der Waals surface area contributed by atoms with Gasteiger partial charge in [0, 0.05) is 26.8 Å². The number of hydrogen-bond acceptors (Lipinski definition) is 3. The Kier molecular flexibility index (Phi) is 4.54. The van der Waals surface area contributed by atoms with Crippen molar-refractivity contribution in [3.8, 4) is 0 Å². The molecular weight excluding hydrogens is 214 g/mol. The Morgan fingerprint density at radius 2 is 2.06 bits per heavy atom. The van der Waals surface area contributed by atoms with Gasteiger partial charge in [0.1, 0.15) is 0 Å². The summed E-state index contributed by atoms with van der Waals surface area (Å²) in [6.07, 6.45) is 3.48. The van der Waals surface area contributed by atoms with Gasteiger partial charge in [0.2, 0.25) is 0 Å². The molecule has 2 rings (SSSR count). The van der Waals surface area contributed by atoms with E-state index in [1.54, 1.807) is 14.2 Å². The zero-order valence-corrected chi connectivity index (χ0v) is 10.6. The summed E-state index contributed by atoms with van der Waals surface area (Å²) in [6, 6.07) is 9.12. The summed E-state index contributed by atoms with van der Waals surface area (Å²) in [7, 11) is 3.34. The number of ether oxygens (including phenoxy) is 2. The van der Waals surface area contributed by atoms with Gasteiger partial charge < -0.3 is 14.8 Å². The van der Waals surface area contributed by atoms with Crippen LogP contribution in [0.15, 0.2) is 24.3 Å². The summed E-state index contributed by atoms with van der Waals surface area (Å²) in [4.78, 5) is 0. The van der Waals surface area contributed by atoms with E-state index in [0.717, 1.165) is 6.54 Å². The van der Waals surface area contributed by atoms with Crippen LogP contribution in [-0.2, 0) is 15.9 Å². The summed E-state index contributed by atoms with van der Waals surface area (Å²) < 4.78 is 10.4. The van der Waals surface area contributed by atoms with Crippen molar-refractivity contribution in [2.75, 3.05) is 20.8 Å². The number of rotatable bonds is 5. The third-order valence-corrected chi connectivity index (χ3v) is 3.43. The fourth-order valence-electron chi connectivity index (χ4n) is 2.47. The minimum Gasteiger partial charge on any atom is -0.355 e. The van der Waals surface area contributed by atoms with Gasteiger partial charge in [-0.2, -0.15) is 0 Å². The topological polar surface area (TPSA) is 30.5 Å². The molecule has 0 unspecified atom stereocenters. The molecule has 1 aromatic rings. The SMILES string of the molecule is COC(CN[C@H]1CCCc2ccccc21)OC. The molecule has 0 heterocycles. The third-order valence-electron chi connectivity index (χ3n) is 3.43. The van der Waals surface area contributed by atoms with Crippen LogP contribution in [0.1, 0.15) is 30.0 Å². The molecule has 1 aliphatic carbocycles. The summed E-state index contributed by atoms with van der Waals surface area (Å²) in [5, 5.41) is 3.53. The van der Waals surface area contributed by atoms with Crippen molar-refractivity contribution < 1.29 is 9.47 Å². The van der Waals surface area contributed by atoms with Crippen LogP contribution in [0.3, 0.4) is 0 Å². The number of aryl methyl sites for hydroxylation is 1. The van der Waals surface area contributed by atoms with Crippen LogP contribution in [-0.4, -0.2) is 27.1 Å². The zero-order valence-electron chi connectivity index (χ0n) is 10.6. The highest BCUT2D eigenvalue weighted by molar-refractivity contribution is 5.32. The van der Waals surface area contributed by atoms with Crippen LogP contribution in [0, 0.1) is 0 Å². The van der Waals surface area contributed by atoms with Crippen LogP contribution in [0.4, 0.5) is 0 Å². The van der Waals surface area contributed by atoms with E-state index < -0.39 is 0 Å². The molecule has 0 radical (unpaired) electrons. The molecule has 1 atom stereocenters. The summed E-state index contributed by atoms with van der Waals surface area (Å²) in [6.45, 7) is 0.728. The van der Waals surface area contributed by atoms with Gasteiger partial charge in [-0.15, -0.1) is 0 Å². The molecule has 0 aromatic heterocycles. The first-order chi connectivity index (χ1) is 8.35. The maximum atomic E-state index is 5.19. The molecule has 1 aliphatic rings. The molecule has 3 heteroatoms. The van der Waals surface area contributed by atoms with Gasteiger partial charge in [-0.25, -0.2) is 0 Å². The molecule has 0 saturated heterocycles. The van der Waals surface area contributed by atoms with Gasteiger partial charge in [-0.05, 0) is 30.4 Å². The first-order valence-corrected chi connectivity index (χ1v) is 6.22. The quantitative estimate of drug-likeness (QED) is 0.794. The lowest BCUT2D eigenvalue weighted by Gasteiger charge is -2.27. The van der Waals surface area contributed by atoms with E-state index in [1.165, 1.54) is 30.4 Å². The van der Waals surface area contributed by atoms with Crippen molar-refractivity contribution in [1.82, 2.24) is 5.32 Å². The Bertz CT molecular complexity index is 350. The number of hydrogen-bond donors (Lipinski definition) is 1. The molecule has 1 N–H and O–H groups in total. The lowest BCUT2D eigenvalue weighted by molar-refractivity contribution is -0.100. The zero-order chi connectivity index (χ0) is 12.1. The minimum atomic E-state index is -0.163. The fourth-order valence-corrected chi connectivity index (χ4v) is 2.47. The molecule has 0 amide bonds. The van der Waals surface area contributed by atoms with Crippen LogP contribution >= 0.6 is 0 Å². The van der Waals surface area contributed by atoms with Crippen molar-refractivity contribution >= 4 is 0 Å². The number of nitrogens with one attached hydrogen (secondary N) is 1. The molecule has 3 nitrogen and oxygen atoms in total. The summed E-state index contributed by atoms with van der Waals surface area (Å²) in [5.41, 5.74) is 2.91.